The first-order valence-corrected chi connectivity index (χ1v) is 9.04. The van der Waals surface area contributed by atoms with E-state index in [-0.39, 0.29) is 17.9 Å². The number of amides is 2. The number of nitrogens with one attached hydrogen (secondary N) is 3. The summed E-state index contributed by atoms with van der Waals surface area (Å²) in [5.41, 5.74) is 5.74. The summed E-state index contributed by atoms with van der Waals surface area (Å²) >= 11 is 0. The van der Waals surface area contributed by atoms with Crippen LogP contribution in [-0.4, -0.2) is 40.4 Å². The second-order valence-electron chi connectivity index (χ2n) is 6.83. The van der Waals surface area contributed by atoms with Gasteiger partial charge in [0.2, 0.25) is 11.9 Å². The molecule has 136 valence electrons. The van der Waals surface area contributed by atoms with Gasteiger partial charge in [-0.1, -0.05) is 0 Å². The molecule has 0 aliphatic heterocycles. The molecule has 5 N–H and O–H groups in total. The summed E-state index contributed by atoms with van der Waals surface area (Å²) in [5, 5.41) is 9.45. The number of aromatic nitrogens is 2. The van der Waals surface area contributed by atoms with Gasteiger partial charge in [-0.3, -0.25) is 9.59 Å². The normalized spacial score (nSPS) is 22.9. The molecule has 2 fully saturated rings. The van der Waals surface area contributed by atoms with E-state index in [1.165, 1.54) is 6.20 Å². The van der Waals surface area contributed by atoms with E-state index in [0.717, 1.165) is 38.5 Å². The van der Waals surface area contributed by atoms with Gasteiger partial charge in [0.25, 0.3) is 5.91 Å². The maximum Gasteiger partial charge on any atom is 0.254 e. The van der Waals surface area contributed by atoms with Crippen molar-refractivity contribution in [2.24, 2.45) is 11.7 Å². The Balaban J connectivity index is 1.63. The zero-order valence-electron chi connectivity index (χ0n) is 14.5. The fourth-order valence-corrected chi connectivity index (χ4v) is 3.16. The molecule has 25 heavy (non-hydrogen) atoms. The molecular weight excluding hydrogens is 320 g/mol. The Kier molecular flexibility index (Phi) is 5.35. The van der Waals surface area contributed by atoms with Gasteiger partial charge in [-0.2, -0.15) is 4.98 Å². The zero-order chi connectivity index (χ0) is 17.8. The molecule has 2 amide bonds. The van der Waals surface area contributed by atoms with Gasteiger partial charge in [0.1, 0.15) is 5.82 Å². The first kappa shape index (κ1) is 17.4. The van der Waals surface area contributed by atoms with E-state index in [0.29, 0.717) is 29.9 Å². The zero-order valence-corrected chi connectivity index (χ0v) is 14.5. The second-order valence-corrected chi connectivity index (χ2v) is 6.83. The smallest absolute Gasteiger partial charge is 0.254 e. The van der Waals surface area contributed by atoms with Crippen LogP contribution in [-0.2, 0) is 4.79 Å². The Hall–Kier alpha value is -2.38. The summed E-state index contributed by atoms with van der Waals surface area (Å²) in [6, 6.07) is 0.604. The van der Waals surface area contributed by atoms with Crippen LogP contribution in [0.4, 0.5) is 11.8 Å². The molecule has 3 rings (SSSR count). The molecule has 0 bridgehead atoms. The summed E-state index contributed by atoms with van der Waals surface area (Å²) in [5.74, 6) is 0.664. The third-order valence-corrected chi connectivity index (χ3v) is 4.75. The Morgan fingerprint density at radius 2 is 1.76 bits per heavy atom. The molecule has 0 radical (unpaired) electrons. The number of carbonyl (C=O) groups excluding carboxylic acids is 2. The third-order valence-electron chi connectivity index (χ3n) is 4.75. The van der Waals surface area contributed by atoms with Crippen LogP contribution in [0.1, 0.15) is 55.8 Å². The number of rotatable bonds is 7. The lowest BCUT2D eigenvalue weighted by Gasteiger charge is -2.29. The number of nitrogens with zero attached hydrogens (tertiary/aromatic N) is 2. The minimum Gasteiger partial charge on any atom is -0.367 e. The number of primary amides is 1. The fourth-order valence-electron chi connectivity index (χ4n) is 3.16. The summed E-state index contributed by atoms with van der Waals surface area (Å²) in [6.07, 6.45) is 7.08. The highest BCUT2D eigenvalue weighted by Gasteiger charge is 2.27. The van der Waals surface area contributed by atoms with Crippen LogP contribution >= 0.6 is 0 Å². The molecule has 8 nitrogen and oxygen atoms in total. The molecule has 8 heteroatoms. The quantitative estimate of drug-likeness (QED) is 0.589. The van der Waals surface area contributed by atoms with Crippen molar-refractivity contribution < 1.29 is 9.59 Å². The molecule has 2 saturated carbocycles. The largest absolute Gasteiger partial charge is 0.367 e. The van der Waals surface area contributed by atoms with Crippen LogP contribution in [0.15, 0.2) is 6.20 Å². The topological polar surface area (TPSA) is 122 Å². The number of anilines is 2. The molecular formula is C17H26N6O2. The van der Waals surface area contributed by atoms with Crippen molar-refractivity contribution in [3.63, 3.8) is 0 Å². The lowest BCUT2D eigenvalue weighted by Crippen LogP contribution is -2.36. The van der Waals surface area contributed by atoms with Gasteiger partial charge in [-0.25, -0.2) is 4.98 Å². The summed E-state index contributed by atoms with van der Waals surface area (Å²) in [4.78, 5) is 32.2. The van der Waals surface area contributed by atoms with Crippen LogP contribution in [0, 0.1) is 5.92 Å². The molecule has 1 aromatic rings. The highest BCUT2D eigenvalue weighted by Crippen LogP contribution is 2.28. The predicted molar refractivity (Wildman–Crippen MR) is 95.2 cm³/mol. The summed E-state index contributed by atoms with van der Waals surface area (Å²) < 4.78 is 0. The van der Waals surface area contributed by atoms with Crippen LogP contribution in [0.5, 0.6) is 0 Å². The fraction of sp³-hybridized carbons (Fsp3) is 0.647. The molecule has 1 aromatic heterocycles. The van der Waals surface area contributed by atoms with Crippen molar-refractivity contribution >= 4 is 23.6 Å². The van der Waals surface area contributed by atoms with E-state index in [9.17, 15) is 9.59 Å². The maximum atomic E-state index is 11.9. The van der Waals surface area contributed by atoms with Gasteiger partial charge in [-0.05, 0) is 45.4 Å². The molecule has 2 aliphatic rings. The van der Waals surface area contributed by atoms with Crippen LogP contribution < -0.4 is 21.7 Å². The highest BCUT2D eigenvalue weighted by molar-refractivity contribution is 5.97. The van der Waals surface area contributed by atoms with Crippen LogP contribution in [0.2, 0.25) is 0 Å². The standard InChI is InChI=1S/C17H26N6O2/c1-2-19-16(25)10-3-5-11(6-4-10)21-15-13(14(18)24)9-20-17(23-15)22-12-7-8-12/h9-12H,2-8H2,1H3,(H2,18,24)(H,19,25)(H2,20,21,22,23). The van der Waals surface area contributed by atoms with Crippen molar-refractivity contribution in [2.75, 3.05) is 17.2 Å². The Bertz CT molecular complexity index is 638. The first-order valence-electron chi connectivity index (χ1n) is 9.04. The summed E-state index contributed by atoms with van der Waals surface area (Å²) in [7, 11) is 0. The molecule has 0 spiro atoms. The Morgan fingerprint density at radius 3 is 2.36 bits per heavy atom. The van der Waals surface area contributed by atoms with Gasteiger partial charge in [0.05, 0.1) is 5.56 Å². The maximum absolute atomic E-state index is 11.9. The lowest BCUT2D eigenvalue weighted by atomic mass is 9.85. The van der Waals surface area contributed by atoms with Crippen LogP contribution in [0.3, 0.4) is 0 Å². The molecule has 0 atom stereocenters. The van der Waals surface area contributed by atoms with Crippen molar-refractivity contribution in [3.05, 3.63) is 11.8 Å². The monoisotopic (exact) mass is 346 g/mol. The molecule has 0 aromatic carbocycles. The van der Waals surface area contributed by atoms with Gasteiger partial charge < -0.3 is 21.7 Å². The first-order chi connectivity index (χ1) is 12.1. The number of carbonyl (C=O) groups is 2. The molecule has 1 heterocycles. The Morgan fingerprint density at radius 1 is 1.12 bits per heavy atom. The summed E-state index contributed by atoms with van der Waals surface area (Å²) in [6.45, 7) is 2.59. The van der Waals surface area contributed by atoms with E-state index < -0.39 is 5.91 Å². The molecule has 0 unspecified atom stereocenters. The highest BCUT2D eigenvalue weighted by atomic mass is 16.2. The van der Waals surface area contributed by atoms with Crippen molar-refractivity contribution in [2.45, 2.75) is 57.5 Å². The minimum atomic E-state index is -0.545. The van der Waals surface area contributed by atoms with Gasteiger partial charge in [-0.15, -0.1) is 0 Å². The average molecular weight is 346 g/mol. The third kappa shape index (κ3) is 4.58. The Labute approximate surface area is 147 Å². The SMILES string of the molecule is CCNC(=O)C1CCC(Nc2nc(NC3CC3)ncc2C(N)=O)CC1. The van der Waals surface area contributed by atoms with E-state index in [2.05, 4.69) is 25.9 Å². The molecule has 2 aliphatic carbocycles. The van der Waals surface area contributed by atoms with Gasteiger partial charge >= 0.3 is 0 Å². The van der Waals surface area contributed by atoms with Gasteiger partial charge in [0.15, 0.2) is 0 Å². The van der Waals surface area contributed by atoms with Crippen molar-refractivity contribution in [1.82, 2.24) is 15.3 Å². The lowest BCUT2D eigenvalue weighted by molar-refractivity contribution is -0.125. The van der Waals surface area contributed by atoms with E-state index >= 15 is 0 Å². The number of hydrogen-bond donors (Lipinski definition) is 4. The van der Waals surface area contributed by atoms with E-state index in [1.807, 2.05) is 6.92 Å². The van der Waals surface area contributed by atoms with Gasteiger partial charge in [0, 0.05) is 30.7 Å². The second kappa shape index (κ2) is 7.67. The van der Waals surface area contributed by atoms with Crippen molar-refractivity contribution in [1.29, 1.82) is 0 Å². The average Bonchev–Trinajstić information content (AvgIpc) is 3.39. The molecule has 0 saturated heterocycles. The predicted octanol–water partition coefficient (Wildman–Crippen LogP) is 1.26. The minimum absolute atomic E-state index is 0.0751. The van der Waals surface area contributed by atoms with Crippen molar-refractivity contribution in [3.8, 4) is 0 Å². The van der Waals surface area contributed by atoms with E-state index in [4.69, 9.17) is 5.73 Å². The number of hydrogen-bond acceptors (Lipinski definition) is 6. The number of nitrogens with two attached hydrogens (primary N) is 1. The van der Waals surface area contributed by atoms with Crippen LogP contribution in [0.25, 0.3) is 0 Å². The van der Waals surface area contributed by atoms with E-state index in [1.54, 1.807) is 0 Å².